The summed E-state index contributed by atoms with van der Waals surface area (Å²) in [6.45, 7) is 0.816. The topological polar surface area (TPSA) is 62.3 Å². The second kappa shape index (κ2) is 9.85. The first-order valence-electron chi connectivity index (χ1n) is 12.1. The average molecular weight is 456 g/mol. The summed E-state index contributed by atoms with van der Waals surface area (Å²) in [6, 6.07) is 21.9. The Hall–Kier alpha value is -3.38. The number of rotatable bonds is 7. The van der Waals surface area contributed by atoms with Crippen molar-refractivity contribution in [1.29, 1.82) is 0 Å². The molecule has 1 heterocycles. The number of aromatic nitrogens is 2. The van der Waals surface area contributed by atoms with Crippen LogP contribution in [0.4, 0.5) is 11.8 Å². The fourth-order valence-corrected chi connectivity index (χ4v) is 4.94. The lowest BCUT2D eigenvalue weighted by atomic mass is 9.91. The molecule has 0 radical (unpaired) electrons. The van der Waals surface area contributed by atoms with Gasteiger partial charge in [-0.1, -0.05) is 36.4 Å². The van der Waals surface area contributed by atoms with Gasteiger partial charge in [-0.3, -0.25) is 0 Å². The lowest BCUT2D eigenvalue weighted by molar-refractivity contribution is 0.348. The molecule has 0 atom stereocenters. The highest BCUT2D eigenvalue weighted by molar-refractivity contribution is 5.90. The van der Waals surface area contributed by atoms with Crippen LogP contribution >= 0.6 is 0 Å². The van der Waals surface area contributed by atoms with E-state index in [4.69, 9.17) is 14.7 Å². The van der Waals surface area contributed by atoms with Gasteiger partial charge in [0.25, 0.3) is 0 Å². The Labute approximate surface area is 201 Å². The Morgan fingerprint density at radius 2 is 1.56 bits per heavy atom. The second-order valence-corrected chi connectivity index (χ2v) is 9.37. The minimum atomic E-state index is 0.393. The maximum atomic E-state index is 5.67. The summed E-state index contributed by atoms with van der Waals surface area (Å²) in [5.41, 5.74) is 2.19. The summed E-state index contributed by atoms with van der Waals surface area (Å²) < 4.78 is 5.67. The van der Waals surface area contributed by atoms with Crippen molar-refractivity contribution in [2.24, 2.45) is 0 Å². The molecular formula is C28H33N5O. The van der Waals surface area contributed by atoms with Gasteiger partial charge < -0.3 is 20.3 Å². The molecule has 1 aromatic heterocycles. The minimum absolute atomic E-state index is 0.393. The van der Waals surface area contributed by atoms with Crippen LogP contribution in [0.1, 0.15) is 31.2 Å². The molecule has 0 unspecified atom stereocenters. The van der Waals surface area contributed by atoms with Crippen molar-refractivity contribution in [3.05, 3.63) is 66.2 Å². The van der Waals surface area contributed by atoms with Crippen molar-refractivity contribution < 1.29 is 4.74 Å². The number of nitrogens with zero attached hydrogens (tertiary/aromatic N) is 3. The van der Waals surface area contributed by atoms with E-state index in [0.29, 0.717) is 12.1 Å². The van der Waals surface area contributed by atoms with Gasteiger partial charge in [0.15, 0.2) is 0 Å². The summed E-state index contributed by atoms with van der Waals surface area (Å²) in [5, 5.41) is 10.9. The average Bonchev–Trinajstić information content (AvgIpc) is 2.87. The van der Waals surface area contributed by atoms with Gasteiger partial charge in [0, 0.05) is 43.7 Å². The number of hydrogen-bond donors (Lipinski definition) is 2. The van der Waals surface area contributed by atoms with Gasteiger partial charge in [-0.25, -0.2) is 4.98 Å². The standard InChI is InChI=1S/C28H33N5O/c1-33(2)27-24-10-6-7-11-25(24)31-28(32-27)30-23-14-12-22(13-15-23)29-18-21-16-19-8-4-5-9-20(19)17-26(21)34-3/h4-11,16-17,22-23,29H,12-15,18H2,1-3H3,(H,30,31,32). The van der Waals surface area contributed by atoms with Gasteiger partial charge >= 0.3 is 0 Å². The normalized spacial score (nSPS) is 18.2. The molecule has 0 saturated heterocycles. The second-order valence-electron chi connectivity index (χ2n) is 9.37. The molecule has 0 bridgehead atoms. The monoisotopic (exact) mass is 455 g/mol. The molecular weight excluding hydrogens is 422 g/mol. The Morgan fingerprint density at radius 1 is 0.882 bits per heavy atom. The van der Waals surface area contributed by atoms with Gasteiger partial charge in [0.1, 0.15) is 11.6 Å². The Morgan fingerprint density at radius 3 is 2.29 bits per heavy atom. The van der Waals surface area contributed by atoms with Crippen LogP contribution in [0.25, 0.3) is 21.7 Å². The van der Waals surface area contributed by atoms with Crippen LogP contribution in [-0.2, 0) is 6.54 Å². The molecule has 1 aliphatic rings. The molecule has 3 aromatic carbocycles. The SMILES string of the molecule is COc1cc2ccccc2cc1CNC1CCC(Nc2nc(N(C)C)c3ccccc3n2)CC1. The number of ether oxygens (including phenoxy) is 1. The molecule has 176 valence electrons. The van der Waals surface area contributed by atoms with Crippen molar-refractivity contribution in [2.45, 2.75) is 44.3 Å². The van der Waals surface area contributed by atoms with E-state index in [-0.39, 0.29) is 0 Å². The van der Waals surface area contributed by atoms with Crippen LogP contribution in [0, 0.1) is 0 Å². The van der Waals surface area contributed by atoms with E-state index >= 15 is 0 Å². The van der Waals surface area contributed by atoms with Crippen molar-refractivity contribution in [3.63, 3.8) is 0 Å². The number of hydrogen-bond acceptors (Lipinski definition) is 6. The van der Waals surface area contributed by atoms with E-state index in [1.54, 1.807) is 7.11 Å². The molecule has 6 nitrogen and oxygen atoms in total. The first-order chi connectivity index (χ1) is 16.6. The number of anilines is 2. The predicted molar refractivity (Wildman–Crippen MR) is 141 cm³/mol. The third-order valence-corrected chi connectivity index (χ3v) is 6.80. The quantitative estimate of drug-likeness (QED) is 0.391. The fraction of sp³-hybridized carbons (Fsp3) is 0.357. The fourth-order valence-electron chi connectivity index (χ4n) is 4.94. The molecule has 2 N–H and O–H groups in total. The summed E-state index contributed by atoms with van der Waals surface area (Å²) in [4.78, 5) is 11.6. The number of nitrogens with one attached hydrogen (secondary N) is 2. The largest absolute Gasteiger partial charge is 0.496 e. The molecule has 0 aliphatic heterocycles. The Bertz CT molecular complexity index is 1280. The highest BCUT2D eigenvalue weighted by Gasteiger charge is 2.22. The maximum absolute atomic E-state index is 5.67. The zero-order valence-corrected chi connectivity index (χ0v) is 20.2. The minimum Gasteiger partial charge on any atom is -0.496 e. The van der Waals surface area contributed by atoms with Crippen LogP contribution in [0.3, 0.4) is 0 Å². The highest BCUT2D eigenvalue weighted by atomic mass is 16.5. The van der Waals surface area contributed by atoms with Crippen LogP contribution in [-0.4, -0.2) is 43.3 Å². The van der Waals surface area contributed by atoms with Crippen molar-refractivity contribution >= 4 is 33.4 Å². The molecule has 6 heteroatoms. The summed E-state index contributed by atoms with van der Waals surface area (Å²) in [6.07, 6.45) is 4.45. The maximum Gasteiger partial charge on any atom is 0.225 e. The van der Waals surface area contributed by atoms with Crippen molar-refractivity contribution in [2.75, 3.05) is 31.4 Å². The highest BCUT2D eigenvalue weighted by Crippen LogP contribution is 2.28. The van der Waals surface area contributed by atoms with Gasteiger partial charge in [0.2, 0.25) is 5.95 Å². The van der Waals surface area contributed by atoms with Crippen molar-refractivity contribution in [1.82, 2.24) is 15.3 Å². The lowest BCUT2D eigenvalue weighted by Crippen LogP contribution is -2.37. The first-order valence-corrected chi connectivity index (χ1v) is 12.1. The number of benzene rings is 3. The van der Waals surface area contributed by atoms with Gasteiger partial charge in [-0.2, -0.15) is 4.98 Å². The first kappa shape index (κ1) is 22.4. The summed E-state index contributed by atoms with van der Waals surface area (Å²) >= 11 is 0. The van der Waals surface area contributed by atoms with Gasteiger partial charge in [-0.05, 0) is 60.7 Å². The Balaban J connectivity index is 1.20. The van der Waals surface area contributed by atoms with E-state index < -0.39 is 0 Å². The molecule has 0 amide bonds. The lowest BCUT2D eigenvalue weighted by Gasteiger charge is -2.30. The van der Waals surface area contributed by atoms with Crippen LogP contribution in [0.15, 0.2) is 60.7 Å². The van der Waals surface area contributed by atoms with Crippen molar-refractivity contribution in [3.8, 4) is 5.75 Å². The molecule has 5 rings (SSSR count). The third-order valence-electron chi connectivity index (χ3n) is 6.80. The van der Waals surface area contributed by atoms with E-state index in [9.17, 15) is 0 Å². The summed E-state index contributed by atoms with van der Waals surface area (Å²) in [7, 11) is 5.81. The Kier molecular flexibility index (Phi) is 6.50. The summed E-state index contributed by atoms with van der Waals surface area (Å²) in [5.74, 6) is 2.62. The predicted octanol–water partition coefficient (Wildman–Crippen LogP) is 5.37. The molecule has 4 aromatic rings. The van der Waals surface area contributed by atoms with Crippen LogP contribution in [0.2, 0.25) is 0 Å². The number of methoxy groups -OCH3 is 1. The van der Waals surface area contributed by atoms with Crippen LogP contribution < -0.4 is 20.3 Å². The number of fused-ring (bicyclic) bond motifs is 2. The van der Waals surface area contributed by atoms with E-state index in [1.807, 2.05) is 26.2 Å². The number of para-hydroxylation sites is 1. The zero-order valence-electron chi connectivity index (χ0n) is 20.2. The molecule has 0 spiro atoms. The van der Waals surface area contributed by atoms with E-state index in [2.05, 4.69) is 64.1 Å². The molecule has 34 heavy (non-hydrogen) atoms. The van der Waals surface area contributed by atoms with E-state index in [1.165, 1.54) is 16.3 Å². The zero-order chi connectivity index (χ0) is 23.5. The van der Waals surface area contributed by atoms with Crippen LogP contribution in [0.5, 0.6) is 5.75 Å². The molecule has 1 saturated carbocycles. The third kappa shape index (κ3) is 4.77. The molecule has 1 aliphatic carbocycles. The molecule has 1 fully saturated rings. The van der Waals surface area contributed by atoms with Gasteiger partial charge in [0.05, 0.1) is 12.6 Å². The van der Waals surface area contributed by atoms with E-state index in [0.717, 1.165) is 60.6 Å². The van der Waals surface area contributed by atoms with Gasteiger partial charge in [-0.15, -0.1) is 0 Å². The smallest absolute Gasteiger partial charge is 0.225 e.